The molecule has 0 saturated heterocycles. The molecule has 29 heavy (non-hydrogen) atoms. The third kappa shape index (κ3) is 4.83. The second kappa shape index (κ2) is 9.96. The Bertz CT molecular complexity index is 853. The van der Waals surface area contributed by atoms with Gasteiger partial charge in [-0.25, -0.2) is 13.2 Å². The molecular formula is C26H29F3. The van der Waals surface area contributed by atoms with Crippen molar-refractivity contribution >= 4 is 5.57 Å². The molecule has 1 aliphatic carbocycles. The number of rotatable bonds is 9. The van der Waals surface area contributed by atoms with Crippen LogP contribution in [0.2, 0.25) is 0 Å². The van der Waals surface area contributed by atoms with Gasteiger partial charge >= 0.3 is 0 Å². The van der Waals surface area contributed by atoms with Crippen molar-refractivity contribution in [1.82, 2.24) is 0 Å². The van der Waals surface area contributed by atoms with E-state index in [1.807, 2.05) is 42.5 Å². The normalized spacial score (nSPS) is 21.6. The fourth-order valence-corrected chi connectivity index (χ4v) is 3.99. The van der Waals surface area contributed by atoms with Crippen molar-refractivity contribution in [3.8, 4) is 11.1 Å². The summed E-state index contributed by atoms with van der Waals surface area (Å²) in [6, 6.07) is 16.9. The minimum Gasteiger partial charge on any atom is -0.238 e. The predicted molar refractivity (Wildman–Crippen MR) is 116 cm³/mol. The summed E-state index contributed by atoms with van der Waals surface area (Å²) < 4.78 is 45.4. The van der Waals surface area contributed by atoms with Crippen molar-refractivity contribution in [2.75, 3.05) is 0 Å². The summed E-state index contributed by atoms with van der Waals surface area (Å²) >= 11 is 0. The molecule has 154 valence electrons. The van der Waals surface area contributed by atoms with Gasteiger partial charge in [-0.2, -0.15) is 0 Å². The molecule has 0 aliphatic heterocycles. The van der Waals surface area contributed by atoms with E-state index in [0.29, 0.717) is 12.0 Å². The summed E-state index contributed by atoms with van der Waals surface area (Å²) in [5.74, 6) is -1.00. The molecule has 2 aromatic rings. The molecule has 0 bridgehead atoms. The highest BCUT2D eigenvalue weighted by Gasteiger charge is 2.47. The molecule has 3 heteroatoms. The highest BCUT2D eigenvalue weighted by molar-refractivity contribution is 5.85. The lowest BCUT2D eigenvalue weighted by Crippen LogP contribution is -2.38. The zero-order valence-electron chi connectivity index (χ0n) is 17.0. The maximum atomic E-state index is 15.5. The first-order valence-electron chi connectivity index (χ1n) is 10.6. The van der Waals surface area contributed by atoms with Crippen molar-refractivity contribution in [3.63, 3.8) is 0 Å². The molecule has 0 fully saturated rings. The zero-order chi connectivity index (χ0) is 20.7. The van der Waals surface area contributed by atoms with E-state index in [0.717, 1.165) is 49.3 Å². The number of alkyl halides is 2. The maximum absolute atomic E-state index is 15.5. The molecule has 2 atom stereocenters. The van der Waals surface area contributed by atoms with E-state index in [4.69, 9.17) is 0 Å². The number of benzene rings is 2. The molecule has 0 radical (unpaired) electrons. The first kappa shape index (κ1) is 21.4. The Morgan fingerprint density at radius 1 is 0.793 bits per heavy atom. The minimum atomic E-state index is -2.58. The van der Waals surface area contributed by atoms with E-state index in [2.05, 4.69) is 6.92 Å². The first-order valence-corrected chi connectivity index (χ1v) is 10.6. The van der Waals surface area contributed by atoms with Crippen molar-refractivity contribution < 1.29 is 13.2 Å². The van der Waals surface area contributed by atoms with Gasteiger partial charge < -0.3 is 0 Å². The number of unbranched alkanes of at least 4 members (excludes halogenated alkanes) is 5. The molecule has 1 aliphatic rings. The molecule has 0 aromatic heterocycles. The van der Waals surface area contributed by atoms with Gasteiger partial charge in [-0.05, 0) is 41.2 Å². The van der Waals surface area contributed by atoms with E-state index < -0.39 is 17.7 Å². The third-order valence-electron chi connectivity index (χ3n) is 5.70. The summed E-state index contributed by atoms with van der Waals surface area (Å²) in [5.41, 5.74) is -0.0240. The minimum absolute atomic E-state index is 0.131. The number of hydrogen-bond donors (Lipinski definition) is 0. The van der Waals surface area contributed by atoms with Crippen LogP contribution in [-0.4, -0.2) is 11.8 Å². The molecule has 0 nitrogen and oxygen atoms in total. The first-order chi connectivity index (χ1) is 14.1. The topological polar surface area (TPSA) is 0 Å². The smallest absolute Gasteiger partial charge is 0.197 e. The van der Waals surface area contributed by atoms with Gasteiger partial charge in [0, 0.05) is 0 Å². The Balaban J connectivity index is 1.82. The summed E-state index contributed by atoms with van der Waals surface area (Å²) in [4.78, 5) is 0. The molecule has 2 aromatic carbocycles. The average Bonchev–Trinajstić information content (AvgIpc) is 2.76. The summed E-state index contributed by atoms with van der Waals surface area (Å²) in [6.07, 6.45) is 5.96. The lowest BCUT2D eigenvalue weighted by atomic mass is 9.80. The molecule has 0 N–H and O–H groups in total. The van der Waals surface area contributed by atoms with Crippen LogP contribution in [0.5, 0.6) is 0 Å². The predicted octanol–water partition coefficient (Wildman–Crippen LogP) is 8.40. The third-order valence-corrected chi connectivity index (χ3v) is 5.70. The summed E-state index contributed by atoms with van der Waals surface area (Å²) in [5, 5.41) is 0. The lowest BCUT2D eigenvalue weighted by molar-refractivity contribution is 0.0808. The van der Waals surface area contributed by atoms with Gasteiger partial charge in [0.1, 0.15) is 5.83 Å². The number of allylic oxidation sites excluding steroid dienone is 4. The van der Waals surface area contributed by atoms with E-state index >= 15 is 8.78 Å². The molecule has 0 heterocycles. The van der Waals surface area contributed by atoms with E-state index in [-0.39, 0.29) is 12.0 Å². The Morgan fingerprint density at radius 2 is 1.41 bits per heavy atom. The van der Waals surface area contributed by atoms with Gasteiger partial charge in [0.25, 0.3) is 0 Å². The second-order valence-electron chi connectivity index (χ2n) is 7.79. The van der Waals surface area contributed by atoms with Gasteiger partial charge in [-0.15, -0.1) is 0 Å². The van der Waals surface area contributed by atoms with Gasteiger partial charge in [-0.3, -0.25) is 0 Å². The molecule has 0 amide bonds. The number of hydrogen-bond acceptors (Lipinski definition) is 0. The van der Waals surface area contributed by atoms with Crippen LogP contribution in [0, 0.1) is 0 Å². The number of halogens is 3. The van der Waals surface area contributed by atoms with Crippen molar-refractivity contribution in [2.24, 2.45) is 0 Å². The van der Waals surface area contributed by atoms with Crippen LogP contribution in [0.3, 0.4) is 0 Å². The van der Waals surface area contributed by atoms with Crippen LogP contribution in [0.1, 0.15) is 57.4 Å². The van der Waals surface area contributed by atoms with Crippen LogP contribution < -0.4 is 0 Å². The largest absolute Gasteiger partial charge is 0.238 e. The SMILES string of the molecule is CCCCCCCCC1(F)C(F)=CC=C(c2ccccc2-c2ccccc2)C1F. The van der Waals surface area contributed by atoms with Gasteiger partial charge in [0.2, 0.25) is 0 Å². The zero-order valence-corrected chi connectivity index (χ0v) is 17.0. The molecule has 2 unspecified atom stereocenters. The Hall–Kier alpha value is -2.29. The van der Waals surface area contributed by atoms with Crippen LogP contribution in [-0.2, 0) is 0 Å². The fourth-order valence-electron chi connectivity index (χ4n) is 3.99. The van der Waals surface area contributed by atoms with Crippen molar-refractivity contribution in [1.29, 1.82) is 0 Å². The van der Waals surface area contributed by atoms with Crippen molar-refractivity contribution in [2.45, 2.75) is 63.7 Å². The Morgan fingerprint density at radius 3 is 2.14 bits per heavy atom. The fraction of sp³-hybridized carbons (Fsp3) is 0.385. The van der Waals surface area contributed by atoms with Crippen molar-refractivity contribution in [3.05, 3.63) is 78.1 Å². The molecular weight excluding hydrogens is 369 g/mol. The quantitative estimate of drug-likeness (QED) is 0.372. The van der Waals surface area contributed by atoms with Crippen LogP contribution in [0.15, 0.2) is 72.6 Å². The monoisotopic (exact) mass is 398 g/mol. The molecule has 3 rings (SSSR count). The Labute approximate surface area is 172 Å². The van der Waals surface area contributed by atoms with Crippen LogP contribution in [0.4, 0.5) is 13.2 Å². The average molecular weight is 399 g/mol. The molecule has 0 spiro atoms. The van der Waals surface area contributed by atoms with E-state index in [1.54, 1.807) is 12.1 Å². The van der Waals surface area contributed by atoms with Gasteiger partial charge in [-0.1, -0.05) is 99.7 Å². The maximum Gasteiger partial charge on any atom is 0.197 e. The highest BCUT2D eigenvalue weighted by atomic mass is 19.2. The Kier molecular flexibility index (Phi) is 7.35. The second-order valence-corrected chi connectivity index (χ2v) is 7.79. The standard InChI is InChI=1S/C26H29F3/c1-2-3-4-5-6-12-19-26(29)24(27)18-17-23(25(26)28)22-16-11-10-15-21(22)20-13-8-7-9-14-20/h7-11,13-18,25H,2-6,12,19H2,1H3. The summed E-state index contributed by atoms with van der Waals surface area (Å²) in [7, 11) is 0. The van der Waals surface area contributed by atoms with E-state index in [9.17, 15) is 4.39 Å². The highest BCUT2D eigenvalue weighted by Crippen LogP contribution is 2.45. The van der Waals surface area contributed by atoms with Gasteiger partial charge in [0.05, 0.1) is 0 Å². The summed E-state index contributed by atoms with van der Waals surface area (Å²) in [6.45, 7) is 2.13. The van der Waals surface area contributed by atoms with Crippen LogP contribution in [0.25, 0.3) is 16.7 Å². The van der Waals surface area contributed by atoms with Gasteiger partial charge in [0.15, 0.2) is 11.8 Å². The van der Waals surface area contributed by atoms with Crippen LogP contribution >= 0.6 is 0 Å². The lowest BCUT2D eigenvalue weighted by Gasteiger charge is -2.32. The molecule has 0 saturated carbocycles. The van der Waals surface area contributed by atoms with E-state index in [1.165, 1.54) is 6.08 Å².